The van der Waals surface area contributed by atoms with E-state index >= 15 is 0 Å². The normalized spacial score (nSPS) is 14.5. The van der Waals surface area contributed by atoms with Gasteiger partial charge in [-0.15, -0.1) is 0 Å². The third kappa shape index (κ3) is 2.48. The van der Waals surface area contributed by atoms with Gasteiger partial charge in [0.25, 0.3) is 5.56 Å². The molecule has 7 heteroatoms. The van der Waals surface area contributed by atoms with Gasteiger partial charge < -0.3 is 10.7 Å². The Balaban J connectivity index is 1.60. The molecule has 0 saturated heterocycles. The van der Waals surface area contributed by atoms with Crippen molar-refractivity contribution in [3.8, 4) is 0 Å². The third-order valence-corrected chi connectivity index (χ3v) is 4.31. The van der Waals surface area contributed by atoms with Crippen LogP contribution in [0.1, 0.15) is 29.9 Å². The summed E-state index contributed by atoms with van der Waals surface area (Å²) in [6, 6.07) is 5.38. The van der Waals surface area contributed by atoms with E-state index in [2.05, 4.69) is 15.0 Å². The maximum absolute atomic E-state index is 14.2. The van der Waals surface area contributed by atoms with E-state index in [0.717, 1.165) is 18.4 Å². The number of rotatable bonds is 4. The van der Waals surface area contributed by atoms with Crippen LogP contribution in [0.5, 0.6) is 0 Å². The van der Waals surface area contributed by atoms with E-state index in [0.29, 0.717) is 29.1 Å². The number of aromatic amines is 1. The number of aromatic nitrogens is 4. The highest BCUT2D eigenvalue weighted by Gasteiger charge is 2.24. The second-order valence-corrected chi connectivity index (χ2v) is 5.90. The van der Waals surface area contributed by atoms with Gasteiger partial charge in [0.2, 0.25) is 5.95 Å². The lowest BCUT2D eigenvalue weighted by Gasteiger charge is -2.10. The van der Waals surface area contributed by atoms with Crippen molar-refractivity contribution in [2.45, 2.75) is 31.7 Å². The Morgan fingerprint density at radius 3 is 2.96 bits per heavy atom. The van der Waals surface area contributed by atoms with E-state index in [9.17, 15) is 9.18 Å². The molecule has 3 aromatic rings. The zero-order valence-electron chi connectivity index (χ0n) is 12.4. The number of hydrogen-bond acceptors (Lipinski definition) is 4. The van der Waals surface area contributed by atoms with Gasteiger partial charge >= 0.3 is 0 Å². The molecule has 1 aromatic carbocycles. The minimum atomic E-state index is -0.292. The number of fused-ring (bicyclic) bond motifs is 1. The van der Waals surface area contributed by atoms with E-state index in [1.165, 1.54) is 10.9 Å². The molecule has 23 heavy (non-hydrogen) atoms. The first-order valence-corrected chi connectivity index (χ1v) is 7.61. The number of H-pyrrole nitrogens is 1. The fourth-order valence-electron chi connectivity index (χ4n) is 2.82. The summed E-state index contributed by atoms with van der Waals surface area (Å²) in [5, 5.41) is 0. The smallest absolute Gasteiger partial charge is 0.280 e. The minimum Gasteiger partial charge on any atom is -0.369 e. The molecule has 2 aromatic heterocycles. The minimum absolute atomic E-state index is 0.0876. The molecule has 0 radical (unpaired) electrons. The summed E-state index contributed by atoms with van der Waals surface area (Å²) < 4.78 is 15.5. The van der Waals surface area contributed by atoms with Crippen LogP contribution in [-0.2, 0) is 13.0 Å². The largest absolute Gasteiger partial charge is 0.369 e. The number of hydrogen-bond donors (Lipinski definition) is 2. The topological polar surface area (TPSA) is 89.6 Å². The van der Waals surface area contributed by atoms with Crippen molar-refractivity contribution in [3.05, 3.63) is 51.8 Å². The molecule has 118 valence electrons. The van der Waals surface area contributed by atoms with Gasteiger partial charge in [0.05, 0.1) is 6.33 Å². The van der Waals surface area contributed by atoms with Crippen LogP contribution in [0, 0.1) is 5.82 Å². The Labute approximate surface area is 131 Å². The van der Waals surface area contributed by atoms with Gasteiger partial charge in [-0.05, 0) is 42.4 Å². The third-order valence-electron chi connectivity index (χ3n) is 4.31. The van der Waals surface area contributed by atoms with E-state index in [1.54, 1.807) is 12.1 Å². The Morgan fingerprint density at radius 1 is 1.39 bits per heavy atom. The van der Waals surface area contributed by atoms with Crippen molar-refractivity contribution >= 4 is 17.1 Å². The second kappa shape index (κ2) is 5.19. The molecule has 0 amide bonds. The molecule has 0 unspecified atom stereocenters. The zero-order chi connectivity index (χ0) is 16.0. The lowest BCUT2D eigenvalue weighted by atomic mass is 10.1. The summed E-state index contributed by atoms with van der Waals surface area (Å²) in [5.41, 5.74) is 7.77. The van der Waals surface area contributed by atoms with Gasteiger partial charge in [-0.3, -0.25) is 9.36 Å². The first kappa shape index (κ1) is 13.9. The molecule has 6 nitrogen and oxygen atoms in total. The van der Waals surface area contributed by atoms with Crippen molar-refractivity contribution in [2.24, 2.45) is 0 Å². The number of benzene rings is 1. The first-order valence-electron chi connectivity index (χ1n) is 7.61. The lowest BCUT2D eigenvalue weighted by Crippen LogP contribution is -2.25. The number of nitrogen functional groups attached to an aromatic ring is 1. The molecule has 4 rings (SSSR count). The maximum atomic E-state index is 14.2. The van der Waals surface area contributed by atoms with E-state index < -0.39 is 0 Å². The SMILES string of the molecule is Nc1nc2nc[nH]c2c(=O)n1CCc1ccc(C2CC2)cc1F. The van der Waals surface area contributed by atoms with Crippen LogP contribution < -0.4 is 11.3 Å². The van der Waals surface area contributed by atoms with Crippen molar-refractivity contribution in [2.75, 3.05) is 5.73 Å². The molecule has 1 saturated carbocycles. The highest BCUT2D eigenvalue weighted by atomic mass is 19.1. The number of halogens is 1. The van der Waals surface area contributed by atoms with Gasteiger partial charge in [0.15, 0.2) is 11.2 Å². The monoisotopic (exact) mass is 313 g/mol. The Kier molecular flexibility index (Phi) is 3.14. The van der Waals surface area contributed by atoms with Crippen LogP contribution >= 0.6 is 0 Å². The molecular formula is C16H16FN5O. The van der Waals surface area contributed by atoms with Gasteiger partial charge in [0.1, 0.15) is 5.82 Å². The Bertz CT molecular complexity index is 941. The lowest BCUT2D eigenvalue weighted by molar-refractivity contribution is 0.588. The summed E-state index contributed by atoms with van der Waals surface area (Å²) in [7, 11) is 0. The zero-order valence-corrected chi connectivity index (χ0v) is 12.4. The molecule has 0 spiro atoms. The summed E-state index contributed by atoms with van der Waals surface area (Å²) in [6.07, 6.45) is 4.06. The molecule has 2 heterocycles. The van der Waals surface area contributed by atoms with Gasteiger partial charge in [0, 0.05) is 6.54 Å². The number of nitrogens with zero attached hydrogens (tertiary/aromatic N) is 3. The summed E-state index contributed by atoms with van der Waals surface area (Å²) >= 11 is 0. The van der Waals surface area contributed by atoms with Gasteiger partial charge in [-0.25, -0.2) is 9.37 Å². The van der Waals surface area contributed by atoms with Gasteiger partial charge in [-0.2, -0.15) is 4.98 Å². The Morgan fingerprint density at radius 2 is 2.22 bits per heavy atom. The maximum Gasteiger partial charge on any atom is 0.280 e. The first-order chi connectivity index (χ1) is 11.1. The quantitative estimate of drug-likeness (QED) is 0.770. The average molecular weight is 313 g/mol. The molecule has 1 aliphatic carbocycles. The van der Waals surface area contributed by atoms with E-state index in [-0.39, 0.29) is 23.9 Å². The fourth-order valence-corrected chi connectivity index (χ4v) is 2.82. The summed E-state index contributed by atoms with van der Waals surface area (Å²) in [6.45, 7) is 0.270. The predicted octanol–water partition coefficient (Wildman–Crippen LogP) is 1.96. The summed E-state index contributed by atoms with van der Waals surface area (Å²) in [5.74, 6) is 0.380. The van der Waals surface area contributed by atoms with Crippen molar-refractivity contribution < 1.29 is 4.39 Å². The van der Waals surface area contributed by atoms with Crippen molar-refractivity contribution in [1.82, 2.24) is 19.5 Å². The van der Waals surface area contributed by atoms with Gasteiger partial charge in [-0.1, -0.05) is 12.1 Å². The van der Waals surface area contributed by atoms with Crippen LogP contribution in [-0.4, -0.2) is 19.5 Å². The second-order valence-electron chi connectivity index (χ2n) is 5.90. The van der Waals surface area contributed by atoms with Crippen LogP contribution in [0.25, 0.3) is 11.2 Å². The number of nitrogens with one attached hydrogen (secondary N) is 1. The van der Waals surface area contributed by atoms with Crippen LogP contribution in [0.2, 0.25) is 0 Å². The van der Waals surface area contributed by atoms with Crippen LogP contribution in [0.15, 0.2) is 29.3 Å². The number of imidazole rings is 1. The molecule has 0 bridgehead atoms. The molecule has 3 N–H and O–H groups in total. The highest BCUT2D eigenvalue weighted by Crippen LogP contribution is 2.40. The molecule has 1 fully saturated rings. The predicted molar refractivity (Wildman–Crippen MR) is 84.6 cm³/mol. The average Bonchev–Trinajstić information content (AvgIpc) is 3.27. The number of nitrogens with two attached hydrogens (primary N) is 1. The highest BCUT2D eigenvalue weighted by molar-refractivity contribution is 5.69. The van der Waals surface area contributed by atoms with E-state index in [4.69, 9.17) is 5.73 Å². The molecule has 1 aliphatic rings. The fraction of sp³-hybridized carbons (Fsp3) is 0.312. The number of anilines is 1. The van der Waals surface area contributed by atoms with Crippen LogP contribution in [0.3, 0.4) is 0 Å². The molecule has 0 atom stereocenters. The van der Waals surface area contributed by atoms with E-state index in [1.807, 2.05) is 6.07 Å². The molecular weight excluding hydrogens is 297 g/mol. The van der Waals surface area contributed by atoms with Crippen molar-refractivity contribution in [3.63, 3.8) is 0 Å². The number of aryl methyl sites for hydroxylation is 1. The Hall–Kier alpha value is -2.70. The molecule has 0 aliphatic heterocycles. The summed E-state index contributed by atoms with van der Waals surface area (Å²) in [4.78, 5) is 23.1. The van der Waals surface area contributed by atoms with Crippen LogP contribution in [0.4, 0.5) is 10.3 Å². The standard InChI is InChI=1S/C16H16FN5O/c17-12-7-11(9-1-2-9)4-3-10(12)5-6-22-15(23)13-14(20-8-19-13)21-16(22)18/h3-4,7-9H,1-2,5-6H2,(H2,18,21)(H,19,20). The van der Waals surface area contributed by atoms with Crippen molar-refractivity contribution in [1.29, 1.82) is 0 Å².